The summed E-state index contributed by atoms with van der Waals surface area (Å²) in [6, 6.07) is 12.3. The Hall–Kier alpha value is -2.34. The summed E-state index contributed by atoms with van der Waals surface area (Å²) in [6.45, 7) is 2.52. The Kier molecular flexibility index (Phi) is 5.48. The summed E-state index contributed by atoms with van der Waals surface area (Å²) in [5.41, 5.74) is 1.88. The van der Waals surface area contributed by atoms with E-state index in [9.17, 15) is 5.21 Å². The lowest BCUT2D eigenvalue weighted by Crippen LogP contribution is -2.38. The molecule has 128 valence electrons. The third kappa shape index (κ3) is 4.14. The van der Waals surface area contributed by atoms with Gasteiger partial charge >= 0.3 is 0 Å². The molecule has 1 aromatic carbocycles. The van der Waals surface area contributed by atoms with Crippen LogP contribution in [0.4, 0.5) is 0 Å². The van der Waals surface area contributed by atoms with Crippen molar-refractivity contribution in [3.8, 4) is 5.88 Å². The molecule has 1 aromatic heterocycles. The summed E-state index contributed by atoms with van der Waals surface area (Å²) in [5, 5.41) is 16.4. The fraction of sp³-hybridized carbons (Fsp3) is 0.444. The van der Waals surface area contributed by atoms with Crippen molar-refractivity contribution in [1.82, 2.24) is 10.1 Å². The Labute approximate surface area is 141 Å². The lowest BCUT2D eigenvalue weighted by molar-refractivity contribution is 0.202. The molecule has 0 atom stereocenters. The SMILES string of the molecule is COc1cc(C(CN2CCC(Cc3ccccc3)CC2)=NO)on1. The van der Waals surface area contributed by atoms with Crippen LogP contribution in [0.15, 0.2) is 46.1 Å². The van der Waals surface area contributed by atoms with E-state index in [0.717, 1.165) is 32.4 Å². The highest BCUT2D eigenvalue weighted by molar-refractivity contribution is 5.99. The van der Waals surface area contributed by atoms with Gasteiger partial charge in [0, 0.05) is 6.54 Å². The number of aromatic nitrogens is 1. The van der Waals surface area contributed by atoms with E-state index in [-0.39, 0.29) is 0 Å². The maximum atomic E-state index is 9.27. The van der Waals surface area contributed by atoms with E-state index in [4.69, 9.17) is 9.26 Å². The molecule has 0 saturated carbocycles. The second-order valence-electron chi connectivity index (χ2n) is 6.19. The molecule has 0 unspecified atom stereocenters. The zero-order valence-electron chi connectivity index (χ0n) is 13.9. The van der Waals surface area contributed by atoms with E-state index >= 15 is 0 Å². The molecule has 2 heterocycles. The van der Waals surface area contributed by atoms with Crippen molar-refractivity contribution in [2.75, 3.05) is 26.7 Å². The van der Waals surface area contributed by atoms with Gasteiger partial charge in [-0.05, 0) is 49.0 Å². The van der Waals surface area contributed by atoms with Crippen molar-refractivity contribution in [1.29, 1.82) is 0 Å². The molecule has 1 N–H and O–H groups in total. The van der Waals surface area contributed by atoms with Gasteiger partial charge in [0.1, 0.15) is 5.71 Å². The first-order chi connectivity index (χ1) is 11.8. The monoisotopic (exact) mass is 329 g/mol. The second kappa shape index (κ2) is 7.97. The number of ether oxygens (including phenoxy) is 1. The summed E-state index contributed by atoms with van der Waals surface area (Å²) in [7, 11) is 1.52. The first-order valence-electron chi connectivity index (χ1n) is 8.26. The molecule has 1 fully saturated rings. The van der Waals surface area contributed by atoms with E-state index in [2.05, 4.69) is 45.5 Å². The van der Waals surface area contributed by atoms with Gasteiger partial charge in [-0.15, -0.1) is 0 Å². The van der Waals surface area contributed by atoms with Gasteiger partial charge in [-0.3, -0.25) is 4.90 Å². The molecule has 0 spiro atoms. The highest BCUT2D eigenvalue weighted by atomic mass is 16.5. The Morgan fingerprint density at radius 2 is 2.08 bits per heavy atom. The van der Waals surface area contributed by atoms with Crippen molar-refractivity contribution in [2.45, 2.75) is 19.3 Å². The number of nitrogens with zero attached hydrogens (tertiary/aromatic N) is 3. The van der Waals surface area contributed by atoms with Crippen LogP contribution in [0.3, 0.4) is 0 Å². The standard InChI is InChI=1S/C18H23N3O3/c1-23-18-12-17(24-20-18)16(19-22)13-21-9-7-15(8-10-21)11-14-5-3-2-4-6-14/h2-6,12,15,22H,7-11,13H2,1H3. The summed E-state index contributed by atoms with van der Waals surface area (Å²) in [6.07, 6.45) is 3.43. The number of oxime groups is 1. The topological polar surface area (TPSA) is 71.1 Å². The molecule has 0 bridgehead atoms. The molecule has 1 saturated heterocycles. The normalized spacial score (nSPS) is 17.1. The number of methoxy groups -OCH3 is 1. The molecule has 1 aliphatic rings. The van der Waals surface area contributed by atoms with Gasteiger partial charge in [0.25, 0.3) is 5.88 Å². The van der Waals surface area contributed by atoms with Crippen LogP contribution in [-0.4, -0.2) is 47.7 Å². The molecule has 3 rings (SSSR count). The Bertz CT molecular complexity index is 661. The van der Waals surface area contributed by atoms with E-state index in [1.165, 1.54) is 12.7 Å². The third-order valence-electron chi connectivity index (χ3n) is 4.55. The summed E-state index contributed by atoms with van der Waals surface area (Å²) < 4.78 is 10.2. The fourth-order valence-corrected chi connectivity index (χ4v) is 3.16. The summed E-state index contributed by atoms with van der Waals surface area (Å²) in [5.74, 6) is 1.54. The fourth-order valence-electron chi connectivity index (χ4n) is 3.16. The van der Waals surface area contributed by atoms with E-state index in [1.54, 1.807) is 6.07 Å². The van der Waals surface area contributed by atoms with Gasteiger partial charge in [-0.2, -0.15) is 0 Å². The van der Waals surface area contributed by atoms with Crippen LogP contribution in [0.2, 0.25) is 0 Å². The predicted octanol–water partition coefficient (Wildman–Crippen LogP) is 2.82. The smallest absolute Gasteiger partial charge is 0.254 e. The van der Waals surface area contributed by atoms with Gasteiger partial charge in [-0.1, -0.05) is 35.5 Å². The van der Waals surface area contributed by atoms with Crippen molar-refractivity contribution < 1.29 is 14.5 Å². The van der Waals surface area contributed by atoms with Crippen LogP contribution < -0.4 is 4.74 Å². The first-order valence-corrected chi connectivity index (χ1v) is 8.26. The Morgan fingerprint density at radius 1 is 1.33 bits per heavy atom. The highest BCUT2D eigenvalue weighted by Crippen LogP contribution is 2.22. The first kappa shape index (κ1) is 16.5. The predicted molar refractivity (Wildman–Crippen MR) is 90.7 cm³/mol. The van der Waals surface area contributed by atoms with Gasteiger partial charge in [0.15, 0.2) is 5.76 Å². The van der Waals surface area contributed by atoms with Crippen molar-refractivity contribution in [2.24, 2.45) is 11.1 Å². The quantitative estimate of drug-likeness (QED) is 0.501. The molecular weight excluding hydrogens is 306 g/mol. The lowest BCUT2D eigenvalue weighted by atomic mass is 9.90. The highest BCUT2D eigenvalue weighted by Gasteiger charge is 2.22. The van der Waals surface area contributed by atoms with E-state index < -0.39 is 0 Å². The average molecular weight is 329 g/mol. The largest absolute Gasteiger partial charge is 0.479 e. The average Bonchev–Trinajstić information content (AvgIpc) is 3.11. The number of hydrogen-bond acceptors (Lipinski definition) is 6. The number of piperidine rings is 1. The van der Waals surface area contributed by atoms with Gasteiger partial charge in [0.05, 0.1) is 13.2 Å². The van der Waals surface area contributed by atoms with Crippen LogP contribution in [0.5, 0.6) is 5.88 Å². The van der Waals surface area contributed by atoms with Gasteiger partial charge < -0.3 is 14.5 Å². The third-order valence-corrected chi connectivity index (χ3v) is 4.55. The zero-order chi connectivity index (χ0) is 16.8. The van der Waals surface area contributed by atoms with Crippen LogP contribution in [0, 0.1) is 5.92 Å². The van der Waals surface area contributed by atoms with Crippen molar-refractivity contribution >= 4 is 5.71 Å². The maximum Gasteiger partial charge on any atom is 0.254 e. The minimum Gasteiger partial charge on any atom is -0.479 e. The van der Waals surface area contributed by atoms with Crippen LogP contribution in [0.25, 0.3) is 0 Å². The lowest BCUT2D eigenvalue weighted by Gasteiger charge is -2.31. The van der Waals surface area contributed by atoms with Crippen molar-refractivity contribution in [3.05, 3.63) is 47.7 Å². The molecule has 6 nitrogen and oxygen atoms in total. The molecule has 6 heteroatoms. The minimum atomic E-state index is 0.382. The van der Waals surface area contributed by atoms with E-state index in [1.807, 2.05) is 0 Å². The van der Waals surface area contributed by atoms with Crippen LogP contribution in [0.1, 0.15) is 24.2 Å². The van der Waals surface area contributed by atoms with E-state index in [0.29, 0.717) is 29.8 Å². The number of rotatable bonds is 6. The number of benzene rings is 1. The molecule has 2 aromatic rings. The second-order valence-corrected chi connectivity index (χ2v) is 6.19. The molecule has 0 amide bonds. The van der Waals surface area contributed by atoms with Gasteiger partial charge in [-0.25, -0.2) is 0 Å². The number of likely N-dealkylation sites (tertiary alicyclic amines) is 1. The molecule has 0 aliphatic carbocycles. The van der Waals surface area contributed by atoms with Crippen LogP contribution in [-0.2, 0) is 6.42 Å². The van der Waals surface area contributed by atoms with Crippen LogP contribution >= 0.6 is 0 Å². The molecule has 1 aliphatic heterocycles. The molecule has 0 radical (unpaired) electrons. The van der Waals surface area contributed by atoms with Gasteiger partial charge in [0.2, 0.25) is 0 Å². The summed E-state index contributed by atoms with van der Waals surface area (Å²) in [4.78, 5) is 2.28. The molecular formula is C18H23N3O3. The Morgan fingerprint density at radius 3 is 2.71 bits per heavy atom. The minimum absolute atomic E-state index is 0.382. The molecule has 24 heavy (non-hydrogen) atoms. The Balaban J connectivity index is 1.51. The number of hydrogen-bond donors (Lipinski definition) is 1. The van der Waals surface area contributed by atoms with Crippen molar-refractivity contribution in [3.63, 3.8) is 0 Å². The summed E-state index contributed by atoms with van der Waals surface area (Å²) >= 11 is 0. The maximum absolute atomic E-state index is 9.27. The zero-order valence-corrected chi connectivity index (χ0v) is 13.9.